The average molecular weight is 487 g/mol. The highest BCUT2D eigenvalue weighted by molar-refractivity contribution is 6.35. The summed E-state index contributed by atoms with van der Waals surface area (Å²) in [6.45, 7) is 3.95. The lowest BCUT2D eigenvalue weighted by Gasteiger charge is -2.13. The maximum Gasteiger partial charge on any atom is 0.277 e. The largest absolute Gasteiger partial charge is 0.493 e. The molecule has 3 aromatic carbocycles. The second-order valence-electron chi connectivity index (χ2n) is 7.25. The fourth-order valence-corrected chi connectivity index (χ4v) is 3.43. The average Bonchev–Trinajstić information content (AvgIpc) is 2.80. The van der Waals surface area contributed by atoms with Crippen LogP contribution in [-0.2, 0) is 11.4 Å². The molecule has 0 unspecified atom stereocenters. The van der Waals surface area contributed by atoms with Crippen molar-refractivity contribution in [1.29, 1.82) is 0 Å². The molecule has 172 valence electrons. The molecule has 0 bridgehead atoms. The van der Waals surface area contributed by atoms with Crippen molar-refractivity contribution in [3.63, 3.8) is 0 Å². The lowest BCUT2D eigenvalue weighted by molar-refractivity contribution is -0.123. The van der Waals surface area contributed by atoms with Gasteiger partial charge in [-0.25, -0.2) is 5.43 Å². The van der Waals surface area contributed by atoms with Crippen molar-refractivity contribution in [2.45, 2.75) is 20.5 Å². The van der Waals surface area contributed by atoms with Crippen molar-refractivity contribution in [2.75, 3.05) is 13.7 Å². The van der Waals surface area contributed by atoms with Gasteiger partial charge in [-0.2, -0.15) is 5.10 Å². The van der Waals surface area contributed by atoms with Crippen LogP contribution < -0.4 is 19.6 Å². The molecule has 0 spiro atoms. The number of methoxy groups -OCH3 is 1. The molecule has 0 heterocycles. The number of carbonyl (C=O) groups is 1. The van der Waals surface area contributed by atoms with E-state index in [1.54, 1.807) is 36.4 Å². The van der Waals surface area contributed by atoms with Crippen LogP contribution in [0.15, 0.2) is 59.7 Å². The van der Waals surface area contributed by atoms with Crippen LogP contribution in [0.5, 0.6) is 17.2 Å². The van der Waals surface area contributed by atoms with Gasteiger partial charge >= 0.3 is 0 Å². The van der Waals surface area contributed by atoms with Gasteiger partial charge in [0.1, 0.15) is 12.4 Å². The molecular weight excluding hydrogens is 463 g/mol. The van der Waals surface area contributed by atoms with Crippen molar-refractivity contribution >= 4 is 35.3 Å². The first-order valence-electron chi connectivity index (χ1n) is 10.1. The predicted octanol–water partition coefficient (Wildman–Crippen LogP) is 5.73. The van der Waals surface area contributed by atoms with E-state index in [2.05, 4.69) is 10.5 Å². The van der Waals surface area contributed by atoms with Gasteiger partial charge in [-0.05, 0) is 66.9 Å². The van der Waals surface area contributed by atoms with E-state index >= 15 is 0 Å². The summed E-state index contributed by atoms with van der Waals surface area (Å²) in [6.07, 6.45) is 1.51. The molecule has 3 rings (SSSR count). The first kappa shape index (κ1) is 24.4. The Bertz CT molecular complexity index is 1140. The van der Waals surface area contributed by atoms with Gasteiger partial charge < -0.3 is 14.2 Å². The van der Waals surface area contributed by atoms with Gasteiger partial charge in [0.05, 0.1) is 13.3 Å². The highest BCUT2D eigenvalue weighted by atomic mass is 35.5. The third kappa shape index (κ3) is 6.88. The molecule has 8 heteroatoms. The lowest BCUT2D eigenvalue weighted by Crippen LogP contribution is -2.24. The van der Waals surface area contributed by atoms with E-state index in [1.807, 2.05) is 32.0 Å². The second kappa shape index (κ2) is 11.6. The summed E-state index contributed by atoms with van der Waals surface area (Å²) in [5.41, 5.74) is 5.88. The Kier molecular flexibility index (Phi) is 8.58. The smallest absolute Gasteiger partial charge is 0.277 e. The number of benzene rings is 3. The summed E-state index contributed by atoms with van der Waals surface area (Å²) in [7, 11) is 1.54. The van der Waals surface area contributed by atoms with E-state index in [0.717, 1.165) is 11.1 Å². The van der Waals surface area contributed by atoms with Crippen LogP contribution in [0.1, 0.15) is 22.3 Å². The Morgan fingerprint density at radius 1 is 0.970 bits per heavy atom. The molecule has 0 saturated heterocycles. The summed E-state index contributed by atoms with van der Waals surface area (Å²) < 4.78 is 16.8. The van der Waals surface area contributed by atoms with Crippen molar-refractivity contribution in [3.8, 4) is 17.2 Å². The first-order chi connectivity index (χ1) is 15.9. The third-order valence-electron chi connectivity index (χ3n) is 4.73. The van der Waals surface area contributed by atoms with Gasteiger partial charge in [0.15, 0.2) is 18.1 Å². The van der Waals surface area contributed by atoms with E-state index in [9.17, 15) is 4.79 Å². The molecule has 0 atom stereocenters. The Morgan fingerprint density at radius 2 is 1.73 bits per heavy atom. The van der Waals surface area contributed by atoms with E-state index in [4.69, 9.17) is 37.4 Å². The van der Waals surface area contributed by atoms with Crippen LogP contribution >= 0.6 is 23.2 Å². The number of nitrogens with zero attached hydrogens (tertiary/aromatic N) is 1. The van der Waals surface area contributed by atoms with Crippen molar-refractivity contribution in [1.82, 2.24) is 5.43 Å². The number of amides is 1. The molecule has 0 aliphatic carbocycles. The highest BCUT2D eigenvalue weighted by Crippen LogP contribution is 2.31. The van der Waals surface area contributed by atoms with Gasteiger partial charge in [-0.1, -0.05) is 41.4 Å². The highest BCUT2D eigenvalue weighted by Gasteiger charge is 2.10. The quantitative estimate of drug-likeness (QED) is 0.309. The number of hydrazone groups is 1. The molecule has 1 amide bonds. The molecule has 33 heavy (non-hydrogen) atoms. The van der Waals surface area contributed by atoms with E-state index in [0.29, 0.717) is 38.4 Å². The molecule has 3 aromatic rings. The predicted molar refractivity (Wildman–Crippen MR) is 131 cm³/mol. The molecule has 0 fully saturated rings. The number of hydrogen-bond donors (Lipinski definition) is 1. The Balaban J connectivity index is 1.56. The molecule has 0 aromatic heterocycles. The van der Waals surface area contributed by atoms with Crippen molar-refractivity contribution in [3.05, 3.63) is 86.9 Å². The lowest BCUT2D eigenvalue weighted by atomic mass is 10.1. The van der Waals surface area contributed by atoms with Gasteiger partial charge in [-0.15, -0.1) is 0 Å². The number of ether oxygens (including phenoxy) is 3. The van der Waals surface area contributed by atoms with E-state index < -0.39 is 0 Å². The van der Waals surface area contributed by atoms with Gasteiger partial charge in [0.25, 0.3) is 5.91 Å². The van der Waals surface area contributed by atoms with Crippen molar-refractivity contribution in [2.24, 2.45) is 5.10 Å². The fourth-order valence-electron chi connectivity index (χ4n) is 2.92. The monoisotopic (exact) mass is 486 g/mol. The number of carbonyl (C=O) groups excluding carboxylic acids is 1. The number of halogens is 2. The first-order valence-corrected chi connectivity index (χ1v) is 10.9. The van der Waals surface area contributed by atoms with Crippen LogP contribution in [0.25, 0.3) is 0 Å². The number of aryl methyl sites for hydroxylation is 2. The zero-order valence-corrected chi connectivity index (χ0v) is 20.0. The number of hydrogen-bond acceptors (Lipinski definition) is 5. The van der Waals surface area contributed by atoms with Crippen LogP contribution in [-0.4, -0.2) is 25.8 Å². The fraction of sp³-hybridized carbons (Fsp3) is 0.200. The minimum Gasteiger partial charge on any atom is -0.493 e. The van der Waals surface area contributed by atoms with Gasteiger partial charge in [0.2, 0.25) is 0 Å². The third-order valence-corrected chi connectivity index (χ3v) is 5.43. The number of nitrogens with one attached hydrogen (secondary N) is 1. The van der Waals surface area contributed by atoms with Crippen LogP contribution in [0, 0.1) is 13.8 Å². The molecule has 0 aliphatic rings. The maximum atomic E-state index is 12.0. The summed E-state index contributed by atoms with van der Waals surface area (Å²) >= 11 is 12.4. The normalized spacial score (nSPS) is 10.8. The standard InChI is InChI=1S/C25H24Cl2N2O4/c1-16-7-8-17(2)23(11-16)33-15-25(30)29-28-13-18-9-10-22(24(12-18)31-3)32-14-19-20(26)5-4-6-21(19)27/h4-13H,14-15H2,1-3H3,(H,29,30)/b28-13+. The molecule has 1 N–H and O–H groups in total. The molecule has 6 nitrogen and oxygen atoms in total. The Morgan fingerprint density at radius 3 is 2.45 bits per heavy atom. The zero-order chi connectivity index (χ0) is 23.8. The summed E-state index contributed by atoms with van der Waals surface area (Å²) in [5, 5.41) is 5.04. The van der Waals surface area contributed by atoms with E-state index in [1.165, 1.54) is 13.3 Å². The SMILES string of the molecule is COc1cc(/C=N/NC(=O)COc2cc(C)ccc2C)ccc1OCc1c(Cl)cccc1Cl. The van der Waals surface area contributed by atoms with Crippen molar-refractivity contribution < 1.29 is 19.0 Å². The topological polar surface area (TPSA) is 69.2 Å². The molecule has 0 aliphatic heterocycles. The summed E-state index contributed by atoms with van der Waals surface area (Å²) in [6, 6.07) is 16.4. The summed E-state index contributed by atoms with van der Waals surface area (Å²) in [4.78, 5) is 12.0. The Labute approximate surface area is 203 Å². The second-order valence-corrected chi connectivity index (χ2v) is 8.06. The Hall–Kier alpha value is -3.22. The van der Waals surface area contributed by atoms with Crippen LogP contribution in [0.4, 0.5) is 0 Å². The minimum absolute atomic E-state index is 0.137. The molecule has 0 saturated carbocycles. The zero-order valence-electron chi connectivity index (χ0n) is 18.5. The maximum absolute atomic E-state index is 12.0. The van der Waals surface area contributed by atoms with E-state index in [-0.39, 0.29) is 19.1 Å². The summed E-state index contributed by atoms with van der Waals surface area (Å²) in [5.74, 6) is 1.34. The van der Waals surface area contributed by atoms with Gasteiger partial charge in [0, 0.05) is 15.6 Å². The van der Waals surface area contributed by atoms with Gasteiger partial charge in [-0.3, -0.25) is 4.79 Å². The molecular formula is C25H24Cl2N2O4. The van der Waals surface area contributed by atoms with Crippen LogP contribution in [0.3, 0.4) is 0 Å². The molecule has 0 radical (unpaired) electrons. The minimum atomic E-state index is -0.365. The van der Waals surface area contributed by atoms with Crippen LogP contribution in [0.2, 0.25) is 10.0 Å². The number of rotatable bonds is 9.